The maximum absolute atomic E-state index is 15.0. The number of nitrogens with zero attached hydrogens (tertiary/aromatic N) is 1. The van der Waals surface area contributed by atoms with Crippen LogP contribution in [0.5, 0.6) is 5.75 Å². The van der Waals surface area contributed by atoms with Gasteiger partial charge in [0.1, 0.15) is 12.4 Å². The summed E-state index contributed by atoms with van der Waals surface area (Å²) in [5.41, 5.74) is 9.54. The van der Waals surface area contributed by atoms with Crippen molar-refractivity contribution in [2.24, 2.45) is 5.73 Å². The topological polar surface area (TPSA) is 74.4 Å². The van der Waals surface area contributed by atoms with Gasteiger partial charge in [0.2, 0.25) is 0 Å². The molecule has 3 aromatic rings. The van der Waals surface area contributed by atoms with Crippen LogP contribution in [-0.2, 0) is 29.1 Å². The van der Waals surface area contributed by atoms with Gasteiger partial charge in [-0.15, -0.1) is 0 Å². The molecule has 0 aliphatic carbocycles. The Labute approximate surface area is 187 Å². The molecule has 1 aromatic heterocycles. The molecule has 0 aliphatic heterocycles. The van der Waals surface area contributed by atoms with Crippen LogP contribution in [0.1, 0.15) is 36.2 Å². The van der Waals surface area contributed by atoms with Crippen LogP contribution < -0.4 is 10.5 Å². The zero-order valence-electron chi connectivity index (χ0n) is 18.3. The van der Waals surface area contributed by atoms with Crippen LogP contribution in [0.3, 0.4) is 0 Å². The number of carbonyl (C=O) groups excluding carboxylic acids is 1. The average Bonchev–Trinajstić information content (AvgIpc) is 2.80. The third-order valence-electron chi connectivity index (χ3n) is 4.92. The van der Waals surface area contributed by atoms with Gasteiger partial charge in [0.15, 0.2) is 5.82 Å². The van der Waals surface area contributed by atoms with Crippen molar-refractivity contribution in [2.75, 3.05) is 6.61 Å². The largest absolute Gasteiger partial charge is 0.489 e. The highest BCUT2D eigenvalue weighted by Crippen LogP contribution is 2.30. The summed E-state index contributed by atoms with van der Waals surface area (Å²) in [4.78, 5) is 15.9. The molecule has 0 atom stereocenters. The van der Waals surface area contributed by atoms with Crippen LogP contribution in [0.4, 0.5) is 4.39 Å². The Morgan fingerprint density at radius 1 is 1.16 bits per heavy atom. The molecular formula is C26H27FN2O3. The van der Waals surface area contributed by atoms with Crippen LogP contribution in [0.15, 0.2) is 60.8 Å². The fourth-order valence-electron chi connectivity index (χ4n) is 3.41. The first-order chi connectivity index (χ1) is 15.6. The lowest BCUT2D eigenvalue weighted by Crippen LogP contribution is -2.09. The zero-order valence-corrected chi connectivity index (χ0v) is 18.3. The molecule has 0 fully saturated rings. The van der Waals surface area contributed by atoms with E-state index in [1.54, 1.807) is 19.2 Å². The number of carbonyl (C=O) groups is 1. The van der Waals surface area contributed by atoms with Gasteiger partial charge in [-0.2, -0.15) is 0 Å². The van der Waals surface area contributed by atoms with Gasteiger partial charge in [0.25, 0.3) is 0 Å². The van der Waals surface area contributed by atoms with Crippen molar-refractivity contribution in [2.45, 2.75) is 33.4 Å². The lowest BCUT2D eigenvalue weighted by Gasteiger charge is -2.14. The van der Waals surface area contributed by atoms with Crippen molar-refractivity contribution < 1.29 is 18.7 Å². The van der Waals surface area contributed by atoms with Crippen molar-refractivity contribution >= 4 is 12.0 Å². The number of benzene rings is 2. The van der Waals surface area contributed by atoms with Crippen LogP contribution in [0, 0.1) is 5.82 Å². The molecule has 3 rings (SSSR count). The van der Waals surface area contributed by atoms with Crippen molar-refractivity contribution in [3.63, 3.8) is 0 Å². The minimum absolute atomic E-state index is 0.0265. The maximum atomic E-state index is 15.0. The third kappa shape index (κ3) is 5.59. The quantitative estimate of drug-likeness (QED) is 0.476. The molecule has 0 amide bonds. The Morgan fingerprint density at radius 2 is 1.97 bits per heavy atom. The first-order valence-electron chi connectivity index (χ1n) is 10.5. The summed E-state index contributed by atoms with van der Waals surface area (Å²) in [6.07, 6.45) is 5.54. The second-order valence-electron chi connectivity index (χ2n) is 7.12. The van der Waals surface area contributed by atoms with Crippen LogP contribution in [0.25, 0.3) is 17.2 Å². The molecule has 32 heavy (non-hydrogen) atoms. The van der Waals surface area contributed by atoms with Crippen molar-refractivity contribution in [1.82, 2.24) is 4.98 Å². The van der Waals surface area contributed by atoms with E-state index in [2.05, 4.69) is 4.98 Å². The molecule has 2 aromatic carbocycles. The molecule has 2 N–H and O–H groups in total. The number of hydrogen-bond acceptors (Lipinski definition) is 5. The molecular weight excluding hydrogens is 407 g/mol. The molecule has 0 radical (unpaired) electrons. The number of hydrogen-bond donors (Lipinski definition) is 1. The summed E-state index contributed by atoms with van der Waals surface area (Å²) in [5, 5.41) is 0. The Morgan fingerprint density at radius 3 is 2.72 bits per heavy atom. The van der Waals surface area contributed by atoms with E-state index in [0.717, 1.165) is 22.3 Å². The molecule has 166 valence electrons. The van der Waals surface area contributed by atoms with Crippen LogP contribution in [0.2, 0.25) is 0 Å². The smallest absolute Gasteiger partial charge is 0.310 e. The average molecular weight is 435 g/mol. The molecule has 0 spiro atoms. The molecule has 1 heterocycles. The minimum Gasteiger partial charge on any atom is -0.489 e. The van der Waals surface area contributed by atoms with E-state index >= 15 is 0 Å². The van der Waals surface area contributed by atoms with E-state index in [0.29, 0.717) is 17.9 Å². The first-order valence-corrected chi connectivity index (χ1v) is 10.5. The number of para-hydroxylation sites is 1. The van der Waals surface area contributed by atoms with Crippen molar-refractivity contribution in [1.29, 1.82) is 0 Å². The summed E-state index contributed by atoms with van der Waals surface area (Å²) in [6, 6.07) is 14.8. The maximum Gasteiger partial charge on any atom is 0.310 e. The van der Waals surface area contributed by atoms with Gasteiger partial charge in [-0.05, 0) is 48.7 Å². The highest BCUT2D eigenvalue weighted by Gasteiger charge is 2.14. The fraction of sp³-hybridized carbons (Fsp3) is 0.231. The second kappa shape index (κ2) is 11.2. The normalized spacial score (nSPS) is 11.0. The summed E-state index contributed by atoms with van der Waals surface area (Å²) >= 11 is 0. The number of halogens is 1. The van der Waals surface area contributed by atoms with Crippen molar-refractivity contribution in [3.8, 4) is 16.9 Å². The van der Waals surface area contributed by atoms with Gasteiger partial charge < -0.3 is 15.2 Å². The number of aromatic nitrogens is 1. The molecule has 6 heteroatoms. The lowest BCUT2D eigenvalue weighted by atomic mass is 9.96. The predicted octanol–water partition coefficient (Wildman–Crippen LogP) is 5.06. The van der Waals surface area contributed by atoms with Gasteiger partial charge in [-0.25, -0.2) is 4.39 Å². The molecule has 0 saturated carbocycles. The second-order valence-corrected chi connectivity index (χ2v) is 7.12. The SMILES string of the molecule is C/C=C\c1ccc(COc2ccccc2CC(=O)OCC)cc1-c1ccnc(CN)c1F. The first kappa shape index (κ1) is 23.2. The highest BCUT2D eigenvalue weighted by atomic mass is 19.1. The van der Waals surface area contributed by atoms with Gasteiger partial charge in [0.05, 0.1) is 18.7 Å². The Kier molecular flexibility index (Phi) is 8.11. The van der Waals surface area contributed by atoms with Gasteiger partial charge in [0, 0.05) is 23.9 Å². The number of esters is 1. The number of ether oxygens (including phenoxy) is 2. The standard InChI is InChI=1S/C26H27FN2O3/c1-3-7-19-11-10-18(14-22(19)21-12-13-29-23(16-28)26(21)27)17-32-24-9-6-5-8-20(24)15-25(30)31-4-2/h3,5-14H,4,15-17,28H2,1-2H3/b7-3-. The zero-order chi connectivity index (χ0) is 22.9. The Bertz CT molecular complexity index is 1110. The van der Waals surface area contributed by atoms with E-state index in [1.807, 2.05) is 61.5 Å². The third-order valence-corrected chi connectivity index (χ3v) is 4.92. The molecule has 0 aliphatic rings. The van der Waals surface area contributed by atoms with E-state index in [9.17, 15) is 9.18 Å². The van der Waals surface area contributed by atoms with E-state index in [4.69, 9.17) is 15.2 Å². The van der Waals surface area contributed by atoms with Gasteiger partial charge >= 0.3 is 5.97 Å². The van der Waals surface area contributed by atoms with E-state index in [-0.39, 0.29) is 31.2 Å². The molecule has 0 unspecified atom stereocenters. The molecule has 0 saturated heterocycles. The summed E-state index contributed by atoms with van der Waals surface area (Å²) < 4.78 is 26.0. The summed E-state index contributed by atoms with van der Waals surface area (Å²) in [7, 11) is 0. The highest BCUT2D eigenvalue weighted by molar-refractivity contribution is 5.76. The fourth-order valence-corrected chi connectivity index (χ4v) is 3.41. The molecule has 5 nitrogen and oxygen atoms in total. The Balaban J connectivity index is 1.89. The number of allylic oxidation sites excluding steroid dienone is 1. The number of nitrogens with two attached hydrogens (primary N) is 1. The van der Waals surface area contributed by atoms with Crippen LogP contribution in [-0.4, -0.2) is 17.6 Å². The predicted molar refractivity (Wildman–Crippen MR) is 123 cm³/mol. The van der Waals surface area contributed by atoms with Gasteiger partial charge in [-0.1, -0.05) is 42.5 Å². The van der Waals surface area contributed by atoms with Crippen LogP contribution >= 0.6 is 0 Å². The monoisotopic (exact) mass is 434 g/mol. The number of rotatable bonds is 9. The molecule has 0 bridgehead atoms. The van der Waals surface area contributed by atoms with E-state index in [1.165, 1.54) is 0 Å². The lowest BCUT2D eigenvalue weighted by molar-refractivity contribution is -0.142. The minimum atomic E-state index is -0.418. The summed E-state index contributed by atoms with van der Waals surface area (Å²) in [5.74, 6) is -0.107. The van der Waals surface area contributed by atoms with Gasteiger partial charge in [-0.3, -0.25) is 9.78 Å². The Hall–Kier alpha value is -3.51. The van der Waals surface area contributed by atoms with Crippen molar-refractivity contribution in [3.05, 3.63) is 89.0 Å². The number of pyridine rings is 1. The summed E-state index contributed by atoms with van der Waals surface area (Å²) in [6.45, 7) is 4.31. The van der Waals surface area contributed by atoms with E-state index < -0.39 is 5.82 Å².